The van der Waals surface area contributed by atoms with Gasteiger partial charge in [0.1, 0.15) is 5.75 Å². The van der Waals surface area contributed by atoms with Gasteiger partial charge in [-0.05, 0) is 43.7 Å². The van der Waals surface area contributed by atoms with Gasteiger partial charge in [0.25, 0.3) is 0 Å². The van der Waals surface area contributed by atoms with Crippen molar-refractivity contribution in [1.82, 2.24) is 5.32 Å². The van der Waals surface area contributed by atoms with Crippen molar-refractivity contribution in [2.24, 2.45) is 0 Å². The van der Waals surface area contributed by atoms with Crippen molar-refractivity contribution in [2.45, 2.75) is 26.7 Å². The molecule has 3 nitrogen and oxygen atoms in total. The van der Waals surface area contributed by atoms with E-state index in [1.165, 1.54) is 6.42 Å². The van der Waals surface area contributed by atoms with Crippen LogP contribution in [-0.4, -0.2) is 26.2 Å². The summed E-state index contributed by atoms with van der Waals surface area (Å²) in [4.78, 5) is 0. The Balaban J connectivity index is 2.20. The maximum atomic E-state index is 5.53. The van der Waals surface area contributed by atoms with Crippen molar-refractivity contribution < 1.29 is 4.74 Å². The van der Waals surface area contributed by atoms with E-state index in [2.05, 4.69) is 36.6 Å². The van der Waals surface area contributed by atoms with Crippen LogP contribution in [0, 0.1) is 0 Å². The molecule has 0 spiro atoms. The Hall–Kier alpha value is -1.22. The van der Waals surface area contributed by atoms with Crippen molar-refractivity contribution in [2.75, 3.05) is 31.6 Å². The molecule has 0 aliphatic carbocycles. The van der Waals surface area contributed by atoms with Crippen molar-refractivity contribution in [3.8, 4) is 5.75 Å². The van der Waals surface area contributed by atoms with Crippen LogP contribution in [0.25, 0.3) is 0 Å². The molecule has 0 aliphatic rings. The second kappa shape index (κ2) is 8.88. The van der Waals surface area contributed by atoms with Crippen molar-refractivity contribution in [3.05, 3.63) is 24.3 Å². The number of anilines is 1. The van der Waals surface area contributed by atoms with Crippen LogP contribution in [0.3, 0.4) is 0 Å². The third-order valence-corrected chi connectivity index (χ3v) is 2.38. The van der Waals surface area contributed by atoms with Gasteiger partial charge in [0, 0.05) is 18.8 Å². The topological polar surface area (TPSA) is 33.3 Å². The molecule has 0 heterocycles. The fourth-order valence-electron chi connectivity index (χ4n) is 1.49. The first-order valence-electron chi connectivity index (χ1n) is 6.54. The molecule has 0 bridgehead atoms. The summed E-state index contributed by atoms with van der Waals surface area (Å²) in [5.41, 5.74) is 1.15. The van der Waals surface area contributed by atoms with Crippen LogP contribution in [0.5, 0.6) is 5.75 Å². The van der Waals surface area contributed by atoms with E-state index in [1.807, 2.05) is 12.1 Å². The third kappa shape index (κ3) is 6.17. The molecule has 3 heteroatoms. The zero-order valence-electron chi connectivity index (χ0n) is 11.0. The van der Waals surface area contributed by atoms with Gasteiger partial charge in [-0.15, -0.1) is 0 Å². The van der Waals surface area contributed by atoms with Gasteiger partial charge in [-0.3, -0.25) is 0 Å². The Bertz CT molecular complexity index is 285. The minimum atomic E-state index is 0.785. The molecule has 0 saturated heterocycles. The SMILES string of the molecule is CCCNCCNc1ccc(OCCC)cc1. The highest BCUT2D eigenvalue weighted by Crippen LogP contribution is 2.15. The molecule has 0 radical (unpaired) electrons. The summed E-state index contributed by atoms with van der Waals surface area (Å²) in [7, 11) is 0. The summed E-state index contributed by atoms with van der Waals surface area (Å²) in [5.74, 6) is 0.946. The van der Waals surface area contributed by atoms with Crippen LogP contribution in [-0.2, 0) is 0 Å². The largest absolute Gasteiger partial charge is 0.494 e. The maximum absolute atomic E-state index is 5.53. The number of ether oxygens (including phenoxy) is 1. The highest BCUT2D eigenvalue weighted by molar-refractivity contribution is 5.46. The van der Waals surface area contributed by atoms with Gasteiger partial charge in [0.2, 0.25) is 0 Å². The van der Waals surface area contributed by atoms with Crippen LogP contribution in [0.2, 0.25) is 0 Å². The second-order valence-corrected chi connectivity index (χ2v) is 4.05. The average molecular weight is 236 g/mol. The number of nitrogens with one attached hydrogen (secondary N) is 2. The Kier molecular flexibility index (Phi) is 7.23. The molecule has 0 unspecified atom stereocenters. The van der Waals surface area contributed by atoms with E-state index in [9.17, 15) is 0 Å². The zero-order chi connectivity index (χ0) is 12.3. The lowest BCUT2D eigenvalue weighted by Gasteiger charge is -2.08. The fraction of sp³-hybridized carbons (Fsp3) is 0.571. The molecular formula is C14H24N2O. The van der Waals surface area contributed by atoms with Crippen molar-refractivity contribution >= 4 is 5.69 Å². The molecular weight excluding hydrogens is 212 g/mol. The van der Waals surface area contributed by atoms with Crippen molar-refractivity contribution in [3.63, 3.8) is 0 Å². The first kappa shape index (κ1) is 13.8. The summed E-state index contributed by atoms with van der Waals surface area (Å²) in [5, 5.41) is 6.73. The summed E-state index contributed by atoms with van der Waals surface area (Å²) in [6, 6.07) is 8.14. The van der Waals surface area contributed by atoms with E-state index >= 15 is 0 Å². The molecule has 0 amide bonds. The second-order valence-electron chi connectivity index (χ2n) is 4.05. The molecule has 0 saturated carbocycles. The van der Waals surface area contributed by atoms with Gasteiger partial charge in [0.05, 0.1) is 6.61 Å². The maximum Gasteiger partial charge on any atom is 0.119 e. The minimum absolute atomic E-state index is 0.785. The Morgan fingerprint density at radius 3 is 2.35 bits per heavy atom. The van der Waals surface area contributed by atoms with Gasteiger partial charge in [0.15, 0.2) is 0 Å². The number of hydrogen-bond acceptors (Lipinski definition) is 3. The molecule has 17 heavy (non-hydrogen) atoms. The van der Waals surface area contributed by atoms with E-state index in [-0.39, 0.29) is 0 Å². The van der Waals surface area contributed by atoms with Gasteiger partial charge in [-0.2, -0.15) is 0 Å². The molecule has 1 aromatic rings. The smallest absolute Gasteiger partial charge is 0.119 e. The lowest BCUT2D eigenvalue weighted by Crippen LogP contribution is -2.22. The summed E-state index contributed by atoms with van der Waals surface area (Å²) >= 11 is 0. The molecule has 96 valence electrons. The van der Waals surface area contributed by atoms with E-state index in [4.69, 9.17) is 4.74 Å². The van der Waals surface area contributed by atoms with E-state index < -0.39 is 0 Å². The number of hydrogen-bond donors (Lipinski definition) is 2. The van der Waals surface area contributed by atoms with E-state index in [0.717, 1.165) is 44.1 Å². The highest BCUT2D eigenvalue weighted by Gasteiger charge is 1.94. The summed E-state index contributed by atoms with van der Waals surface area (Å²) in [6.45, 7) is 8.12. The van der Waals surface area contributed by atoms with Crippen LogP contribution in [0.15, 0.2) is 24.3 Å². The first-order chi connectivity index (χ1) is 8.36. The van der Waals surface area contributed by atoms with Gasteiger partial charge >= 0.3 is 0 Å². The van der Waals surface area contributed by atoms with E-state index in [0.29, 0.717) is 0 Å². The monoisotopic (exact) mass is 236 g/mol. The lowest BCUT2D eigenvalue weighted by molar-refractivity contribution is 0.317. The average Bonchev–Trinajstić information content (AvgIpc) is 2.37. The van der Waals surface area contributed by atoms with Crippen LogP contribution >= 0.6 is 0 Å². The normalized spacial score (nSPS) is 10.2. The summed E-state index contributed by atoms with van der Waals surface area (Å²) in [6.07, 6.45) is 2.23. The Morgan fingerprint density at radius 2 is 1.71 bits per heavy atom. The fourth-order valence-corrected chi connectivity index (χ4v) is 1.49. The zero-order valence-corrected chi connectivity index (χ0v) is 11.0. The molecule has 0 aromatic heterocycles. The molecule has 1 aromatic carbocycles. The van der Waals surface area contributed by atoms with E-state index in [1.54, 1.807) is 0 Å². The Morgan fingerprint density at radius 1 is 0.941 bits per heavy atom. The quantitative estimate of drug-likeness (QED) is 0.647. The molecule has 1 rings (SSSR count). The lowest BCUT2D eigenvalue weighted by atomic mass is 10.3. The number of benzene rings is 1. The standard InChI is InChI=1S/C14H24N2O/c1-3-9-15-10-11-16-13-5-7-14(8-6-13)17-12-4-2/h5-8,15-16H,3-4,9-12H2,1-2H3. The predicted octanol–water partition coefficient (Wildman–Crippen LogP) is 2.89. The van der Waals surface area contributed by atoms with Crippen LogP contribution in [0.1, 0.15) is 26.7 Å². The number of rotatable bonds is 9. The molecule has 0 fully saturated rings. The van der Waals surface area contributed by atoms with Crippen LogP contribution in [0.4, 0.5) is 5.69 Å². The predicted molar refractivity (Wildman–Crippen MR) is 73.9 cm³/mol. The highest BCUT2D eigenvalue weighted by atomic mass is 16.5. The minimum Gasteiger partial charge on any atom is -0.494 e. The van der Waals surface area contributed by atoms with Gasteiger partial charge in [-0.25, -0.2) is 0 Å². The molecule has 2 N–H and O–H groups in total. The molecule has 0 aliphatic heterocycles. The summed E-state index contributed by atoms with van der Waals surface area (Å²) < 4.78 is 5.53. The van der Waals surface area contributed by atoms with Gasteiger partial charge < -0.3 is 15.4 Å². The first-order valence-corrected chi connectivity index (χ1v) is 6.54. The van der Waals surface area contributed by atoms with Crippen molar-refractivity contribution in [1.29, 1.82) is 0 Å². The third-order valence-electron chi connectivity index (χ3n) is 2.38. The Labute approximate surface area is 105 Å². The van der Waals surface area contributed by atoms with Crippen LogP contribution < -0.4 is 15.4 Å². The van der Waals surface area contributed by atoms with Gasteiger partial charge in [-0.1, -0.05) is 13.8 Å². The molecule has 0 atom stereocenters.